The van der Waals surface area contributed by atoms with Gasteiger partial charge >= 0.3 is 0 Å². The standard InChI is InChI=1S/C13H14FN3O.ClH/c14-10-1-3-11(4-2-10)17-9-16-12(18)13(17)5-7-15-8-6-13;/h1-4,9,15H,5-8H2;1H. The van der Waals surface area contributed by atoms with Gasteiger partial charge in [-0.1, -0.05) is 0 Å². The molecule has 0 radical (unpaired) electrons. The van der Waals surface area contributed by atoms with Gasteiger partial charge in [-0.05, 0) is 50.2 Å². The molecule has 3 rings (SSSR count). The molecule has 1 aromatic rings. The fourth-order valence-electron chi connectivity index (χ4n) is 2.65. The zero-order valence-electron chi connectivity index (χ0n) is 10.3. The molecular weight excluding hydrogens is 269 g/mol. The molecule has 0 unspecified atom stereocenters. The van der Waals surface area contributed by atoms with Gasteiger partial charge in [-0.3, -0.25) is 4.79 Å². The first-order chi connectivity index (χ1) is 8.72. The topological polar surface area (TPSA) is 44.7 Å². The Morgan fingerprint density at radius 3 is 2.47 bits per heavy atom. The first-order valence-corrected chi connectivity index (χ1v) is 6.07. The molecule has 2 aliphatic rings. The molecule has 2 heterocycles. The molecule has 1 amide bonds. The molecule has 19 heavy (non-hydrogen) atoms. The fourth-order valence-corrected chi connectivity index (χ4v) is 2.65. The molecular formula is C13H15ClFN3O. The lowest BCUT2D eigenvalue weighted by Crippen LogP contribution is -2.55. The van der Waals surface area contributed by atoms with Crippen molar-refractivity contribution in [3.8, 4) is 0 Å². The molecule has 4 nitrogen and oxygen atoms in total. The largest absolute Gasteiger partial charge is 0.317 e. The van der Waals surface area contributed by atoms with E-state index in [4.69, 9.17) is 0 Å². The summed E-state index contributed by atoms with van der Waals surface area (Å²) in [6.45, 7) is 1.60. The normalized spacial score (nSPS) is 20.7. The Balaban J connectivity index is 0.00000133. The van der Waals surface area contributed by atoms with Crippen LogP contribution >= 0.6 is 12.4 Å². The van der Waals surface area contributed by atoms with Gasteiger partial charge in [0, 0.05) is 5.69 Å². The predicted molar refractivity (Wildman–Crippen MR) is 74.5 cm³/mol. The summed E-state index contributed by atoms with van der Waals surface area (Å²) >= 11 is 0. The van der Waals surface area contributed by atoms with Gasteiger partial charge in [-0.2, -0.15) is 0 Å². The molecule has 102 valence electrons. The van der Waals surface area contributed by atoms with Crippen molar-refractivity contribution < 1.29 is 9.18 Å². The number of hydrogen-bond acceptors (Lipinski definition) is 3. The van der Waals surface area contributed by atoms with Crippen LogP contribution in [0.1, 0.15) is 12.8 Å². The second kappa shape index (κ2) is 5.27. The number of carbonyl (C=O) groups excluding carboxylic acids is 1. The summed E-state index contributed by atoms with van der Waals surface area (Å²) < 4.78 is 13.0. The Morgan fingerprint density at radius 1 is 1.21 bits per heavy atom. The Bertz CT molecular complexity index is 497. The highest BCUT2D eigenvalue weighted by atomic mass is 35.5. The number of benzene rings is 1. The van der Waals surface area contributed by atoms with E-state index in [0.717, 1.165) is 31.6 Å². The highest BCUT2D eigenvalue weighted by molar-refractivity contribution is 6.08. The smallest absolute Gasteiger partial charge is 0.273 e. The summed E-state index contributed by atoms with van der Waals surface area (Å²) in [7, 11) is 0. The number of anilines is 1. The summed E-state index contributed by atoms with van der Waals surface area (Å²) in [6, 6.07) is 6.18. The van der Waals surface area contributed by atoms with Gasteiger partial charge in [-0.25, -0.2) is 9.38 Å². The van der Waals surface area contributed by atoms with E-state index in [1.165, 1.54) is 12.1 Å². The number of carbonyl (C=O) groups is 1. The number of amides is 1. The third-order valence-electron chi connectivity index (χ3n) is 3.69. The molecule has 0 aliphatic carbocycles. The van der Waals surface area contributed by atoms with Gasteiger partial charge in [0.15, 0.2) is 0 Å². The van der Waals surface area contributed by atoms with Crippen LogP contribution in [0.2, 0.25) is 0 Å². The van der Waals surface area contributed by atoms with Crippen molar-refractivity contribution in [1.82, 2.24) is 5.32 Å². The molecule has 6 heteroatoms. The Hall–Kier alpha value is -1.46. The van der Waals surface area contributed by atoms with Crippen LogP contribution in [-0.4, -0.2) is 30.9 Å². The van der Waals surface area contributed by atoms with Crippen LogP contribution in [0.15, 0.2) is 29.3 Å². The molecule has 1 saturated heterocycles. The van der Waals surface area contributed by atoms with E-state index in [-0.39, 0.29) is 24.1 Å². The molecule has 0 aromatic heterocycles. The second-order valence-corrected chi connectivity index (χ2v) is 4.68. The van der Waals surface area contributed by atoms with Crippen LogP contribution < -0.4 is 10.2 Å². The average Bonchev–Trinajstić information content (AvgIpc) is 2.70. The van der Waals surface area contributed by atoms with E-state index in [1.54, 1.807) is 18.5 Å². The highest BCUT2D eigenvalue weighted by Crippen LogP contribution is 2.34. The van der Waals surface area contributed by atoms with Crippen LogP contribution in [0.5, 0.6) is 0 Å². The number of aliphatic imine (C=N–C) groups is 1. The fraction of sp³-hybridized carbons (Fsp3) is 0.385. The Morgan fingerprint density at radius 2 is 1.84 bits per heavy atom. The molecule has 0 bridgehead atoms. The molecule has 2 aliphatic heterocycles. The van der Waals surface area contributed by atoms with Crippen molar-refractivity contribution in [1.29, 1.82) is 0 Å². The summed E-state index contributed by atoms with van der Waals surface area (Å²) in [5.41, 5.74) is 0.246. The third kappa shape index (κ3) is 2.24. The van der Waals surface area contributed by atoms with E-state index < -0.39 is 5.54 Å². The zero-order valence-corrected chi connectivity index (χ0v) is 11.1. The SMILES string of the molecule is Cl.O=C1N=CN(c2ccc(F)cc2)C12CCNCC2. The van der Waals surface area contributed by atoms with Gasteiger partial charge in [0.1, 0.15) is 11.4 Å². The van der Waals surface area contributed by atoms with Gasteiger partial charge in [0.05, 0.1) is 6.34 Å². The predicted octanol–water partition coefficient (Wildman–Crippen LogP) is 1.74. The molecule has 1 fully saturated rings. The first kappa shape index (κ1) is 14.0. The lowest BCUT2D eigenvalue weighted by atomic mass is 9.86. The maximum atomic E-state index is 13.0. The van der Waals surface area contributed by atoms with Crippen LogP contribution in [-0.2, 0) is 4.79 Å². The Kier molecular flexibility index (Phi) is 3.87. The summed E-state index contributed by atoms with van der Waals surface area (Å²) in [5, 5.41) is 3.24. The third-order valence-corrected chi connectivity index (χ3v) is 3.69. The van der Waals surface area contributed by atoms with Crippen molar-refractivity contribution in [2.24, 2.45) is 4.99 Å². The average molecular weight is 284 g/mol. The number of rotatable bonds is 1. The van der Waals surface area contributed by atoms with Gasteiger partial charge in [0.25, 0.3) is 5.91 Å². The summed E-state index contributed by atoms with van der Waals surface area (Å²) in [4.78, 5) is 17.9. The number of hydrogen-bond donors (Lipinski definition) is 1. The monoisotopic (exact) mass is 283 g/mol. The van der Waals surface area contributed by atoms with Crippen molar-refractivity contribution in [2.45, 2.75) is 18.4 Å². The summed E-state index contributed by atoms with van der Waals surface area (Å²) in [5.74, 6) is -0.367. The Labute approximate surface area is 117 Å². The number of nitrogens with one attached hydrogen (secondary N) is 1. The van der Waals surface area contributed by atoms with Crippen molar-refractivity contribution >= 4 is 30.3 Å². The lowest BCUT2D eigenvalue weighted by molar-refractivity contribution is -0.122. The highest BCUT2D eigenvalue weighted by Gasteiger charge is 2.47. The number of nitrogens with zero attached hydrogens (tertiary/aromatic N) is 2. The number of piperidine rings is 1. The molecule has 0 saturated carbocycles. The maximum absolute atomic E-state index is 13.0. The number of halogens is 2. The molecule has 1 spiro atoms. The second-order valence-electron chi connectivity index (χ2n) is 4.68. The van der Waals surface area contributed by atoms with E-state index in [9.17, 15) is 9.18 Å². The van der Waals surface area contributed by atoms with Crippen LogP contribution in [0.25, 0.3) is 0 Å². The van der Waals surface area contributed by atoms with Crippen molar-refractivity contribution in [2.75, 3.05) is 18.0 Å². The zero-order chi connectivity index (χ0) is 12.6. The van der Waals surface area contributed by atoms with Crippen LogP contribution in [0.4, 0.5) is 10.1 Å². The lowest BCUT2D eigenvalue weighted by Gasteiger charge is -2.39. The van der Waals surface area contributed by atoms with Crippen LogP contribution in [0, 0.1) is 5.82 Å². The van der Waals surface area contributed by atoms with E-state index in [2.05, 4.69) is 10.3 Å². The minimum atomic E-state index is -0.566. The van der Waals surface area contributed by atoms with Gasteiger partial charge in [0.2, 0.25) is 0 Å². The minimum Gasteiger partial charge on any atom is -0.317 e. The molecule has 1 aromatic carbocycles. The van der Waals surface area contributed by atoms with E-state index in [1.807, 2.05) is 4.90 Å². The van der Waals surface area contributed by atoms with E-state index in [0.29, 0.717) is 0 Å². The van der Waals surface area contributed by atoms with Gasteiger partial charge < -0.3 is 10.2 Å². The molecule has 1 N–H and O–H groups in total. The van der Waals surface area contributed by atoms with Crippen LogP contribution in [0.3, 0.4) is 0 Å². The molecule has 0 atom stereocenters. The minimum absolute atomic E-state index is 0. The summed E-state index contributed by atoms with van der Waals surface area (Å²) in [6.07, 6.45) is 3.02. The van der Waals surface area contributed by atoms with Crippen molar-refractivity contribution in [3.63, 3.8) is 0 Å². The van der Waals surface area contributed by atoms with Gasteiger partial charge in [-0.15, -0.1) is 12.4 Å². The first-order valence-electron chi connectivity index (χ1n) is 6.07. The maximum Gasteiger partial charge on any atom is 0.273 e. The quantitative estimate of drug-likeness (QED) is 0.854. The van der Waals surface area contributed by atoms with E-state index >= 15 is 0 Å². The van der Waals surface area contributed by atoms with Crippen molar-refractivity contribution in [3.05, 3.63) is 30.1 Å².